The highest BCUT2D eigenvalue weighted by atomic mass is 32.1. The van der Waals surface area contributed by atoms with E-state index in [4.69, 9.17) is 18.9 Å². The summed E-state index contributed by atoms with van der Waals surface area (Å²) < 4.78 is 26.4. The Morgan fingerprint density at radius 3 is 2.52 bits per heavy atom. The molecule has 0 saturated heterocycles. The Labute approximate surface area is 198 Å². The van der Waals surface area contributed by atoms with Gasteiger partial charge in [0.25, 0.3) is 0 Å². The van der Waals surface area contributed by atoms with Crippen molar-refractivity contribution in [3.05, 3.63) is 71.4 Å². The van der Waals surface area contributed by atoms with E-state index in [1.807, 2.05) is 50.2 Å². The van der Waals surface area contributed by atoms with Gasteiger partial charge < -0.3 is 18.9 Å². The molecule has 0 N–H and O–H groups in total. The Morgan fingerprint density at radius 2 is 1.73 bits per heavy atom. The molecule has 6 heteroatoms. The van der Waals surface area contributed by atoms with Crippen LogP contribution in [0.5, 0.6) is 17.2 Å². The third-order valence-electron chi connectivity index (χ3n) is 5.54. The maximum absolute atomic E-state index is 6.25. The molecule has 0 aliphatic rings. The van der Waals surface area contributed by atoms with E-state index in [1.165, 1.54) is 10.4 Å². The molecule has 0 amide bonds. The molecule has 0 spiro atoms. The molecule has 1 heterocycles. The van der Waals surface area contributed by atoms with Crippen LogP contribution in [0.2, 0.25) is 0 Å². The highest BCUT2D eigenvalue weighted by Crippen LogP contribution is 2.34. The fourth-order valence-electron chi connectivity index (χ4n) is 3.94. The number of hydrogen-bond donors (Lipinski definition) is 0. The molecule has 0 atom stereocenters. The molecule has 0 aliphatic heterocycles. The van der Waals surface area contributed by atoms with Gasteiger partial charge >= 0.3 is 0 Å². The van der Waals surface area contributed by atoms with E-state index in [0.717, 1.165) is 51.6 Å². The lowest BCUT2D eigenvalue weighted by Crippen LogP contribution is -2.39. The number of thiazole rings is 1. The number of fused-ring (bicyclic) bond motifs is 2. The number of hydrogen-bond acceptors (Lipinski definition) is 5. The topological polar surface area (TPSA) is 40.8 Å². The molecule has 5 nitrogen and oxygen atoms in total. The summed E-state index contributed by atoms with van der Waals surface area (Å²) in [5, 5.41) is 3.53. The SMILES string of the molecule is CCOC(C)=CCc1sc2cc(OC)c(OC)cc2[n+]1CCOc1cccc2ccccc12. The zero-order chi connectivity index (χ0) is 23.2. The Morgan fingerprint density at radius 1 is 0.970 bits per heavy atom. The first-order valence-electron chi connectivity index (χ1n) is 11.1. The normalized spacial score (nSPS) is 11.7. The van der Waals surface area contributed by atoms with Crippen molar-refractivity contribution in [1.29, 1.82) is 0 Å². The van der Waals surface area contributed by atoms with Crippen molar-refractivity contribution in [3.8, 4) is 17.2 Å². The number of aromatic nitrogens is 1. The van der Waals surface area contributed by atoms with Crippen LogP contribution >= 0.6 is 11.3 Å². The molecule has 1 aromatic heterocycles. The van der Waals surface area contributed by atoms with E-state index in [-0.39, 0.29) is 0 Å². The first-order valence-corrected chi connectivity index (χ1v) is 11.9. The smallest absolute Gasteiger partial charge is 0.242 e. The molecule has 0 unspecified atom stereocenters. The van der Waals surface area contributed by atoms with Gasteiger partial charge in [0.1, 0.15) is 17.1 Å². The average Bonchev–Trinajstić information content (AvgIpc) is 3.18. The van der Waals surface area contributed by atoms with Crippen molar-refractivity contribution in [2.24, 2.45) is 0 Å². The standard InChI is InChI=1S/C27H30NO4S/c1-5-31-19(2)13-14-27-28(22-17-24(29-3)25(30-4)18-26(22)33-27)15-16-32-23-12-8-10-20-9-6-7-11-21(20)23/h6-13,17-18H,5,14-16H2,1-4H3/q+1. The highest BCUT2D eigenvalue weighted by molar-refractivity contribution is 7.18. The predicted octanol–water partition coefficient (Wildman–Crippen LogP) is 5.92. The number of rotatable bonds is 10. The fraction of sp³-hybridized carbons (Fsp3) is 0.296. The average molecular weight is 465 g/mol. The highest BCUT2D eigenvalue weighted by Gasteiger charge is 2.23. The molecular weight excluding hydrogens is 434 g/mol. The summed E-state index contributed by atoms with van der Waals surface area (Å²) in [6.45, 7) is 5.94. The maximum Gasteiger partial charge on any atom is 0.242 e. The van der Waals surface area contributed by atoms with Crippen molar-refractivity contribution >= 4 is 32.3 Å². The first-order chi connectivity index (χ1) is 16.1. The van der Waals surface area contributed by atoms with Crippen LogP contribution in [0.1, 0.15) is 18.9 Å². The lowest BCUT2D eigenvalue weighted by atomic mass is 10.1. The van der Waals surface area contributed by atoms with Gasteiger partial charge in [0.15, 0.2) is 18.0 Å². The van der Waals surface area contributed by atoms with Crippen LogP contribution in [0.15, 0.2) is 66.4 Å². The second-order valence-electron chi connectivity index (χ2n) is 7.60. The minimum atomic E-state index is 0.556. The van der Waals surface area contributed by atoms with Crippen LogP contribution in [-0.2, 0) is 17.7 Å². The van der Waals surface area contributed by atoms with Crippen LogP contribution in [0.4, 0.5) is 0 Å². The fourth-order valence-corrected chi connectivity index (χ4v) is 5.10. The van der Waals surface area contributed by atoms with Gasteiger partial charge in [-0.15, -0.1) is 0 Å². The van der Waals surface area contributed by atoms with Crippen LogP contribution < -0.4 is 18.8 Å². The third-order valence-corrected chi connectivity index (χ3v) is 6.71. The van der Waals surface area contributed by atoms with Crippen molar-refractivity contribution in [1.82, 2.24) is 0 Å². The zero-order valence-corrected chi connectivity index (χ0v) is 20.4. The zero-order valence-electron chi connectivity index (χ0n) is 19.6. The van der Waals surface area contributed by atoms with Gasteiger partial charge in [-0.25, -0.2) is 0 Å². The summed E-state index contributed by atoms with van der Waals surface area (Å²) in [6.07, 6.45) is 2.91. The number of methoxy groups -OCH3 is 2. The van der Waals surface area contributed by atoms with E-state index in [1.54, 1.807) is 25.6 Å². The number of nitrogens with zero attached hydrogens (tertiary/aromatic N) is 1. The number of benzene rings is 3. The summed E-state index contributed by atoms with van der Waals surface area (Å²) in [6, 6.07) is 18.6. The van der Waals surface area contributed by atoms with Gasteiger partial charge in [-0.1, -0.05) is 47.7 Å². The van der Waals surface area contributed by atoms with Crippen LogP contribution in [0, 0.1) is 0 Å². The second-order valence-corrected chi connectivity index (χ2v) is 8.72. The maximum atomic E-state index is 6.25. The van der Waals surface area contributed by atoms with E-state index in [2.05, 4.69) is 28.8 Å². The number of ether oxygens (including phenoxy) is 4. The summed E-state index contributed by atoms with van der Waals surface area (Å²) in [5.74, 6) is 3.29. The van der Waals surface area contributed by atoms with Crippen LogP contribution in [0.3, 0.4) is 0 Å². The summed E-state index contributed by atoms with van der Waals surface area (Å²) in [4.78, 5) is 0. The van der Waals surface area contributed by atoms with Gasteiger partial charge in [0.05, 0.1) is 39.1 Å². The van der Waals surface area contributed by atoms with Gasteiger partial charge in [-0.05, 0) is 31.4 Å². The minimum Gasteiger partial charge on any atom is -0.499 e. The lowest BCUT2D eigenvalue weighted by molar-refractivity contribution is -0.674. The first kappa shape index (κ1) is 22.9. The molecular formula is C27H30NO4S+. The summed E-state index contributed by atoms with van der Waals surface area (Å²) in [7, 11) is 3.33. The predicted molar refractivity (Wildman–Crippen MR) is 134 cm³/mol. The molecule has 0 bridgehead atoms. The molecule has 0 saturated carbocycles. The van der Waals surface area contributed by atoms with Gasteiger partial charge in [0.2, 0.25) is 10.5 Å². The molecule has 4 aromatic rings. The second kappa shape index (κ2) is 10.6. The number of allylic oxidation sites excluding steroid dienone is 2. The molecule has 0 aliphatic carbocycles. The Balaban J connectivity index is 1.64. The van der Waals surface area contributed by atoms with Crippen molar-refractivity contribution in [2.45, 2.75) is 26.8 Å². The van der Waals surface area contributed by atoms with Crippen LogP contribution in [0.25, 0.3) is 21.0 Å². The third kappa shape index (κ3) is 5.06. The molecule has 33 heavy (non-hydrogen) atoms. The van der Waals surface area contributed by atoms with E-state index in [0.29, 0.717) is 13.2 Å². The van der Waals surface area contributed by atoms with Gasteiger partial charge in [-0.3, -0.25) is 0 Å². The Kier molecular flexibility index (Phi) is 7.35. The minimum absolute atomic E-state index is 0.556. The van der Waals surface area contributed by atoms with Crippen molar-refractivity contribution in [3.63, 3.8) is 0 Å². The van der Waals surface area contributed by atoms with E-state index >= 15 is 0 Å². The van der Waals surface area contributed by atoms with E-state index in [9.17, 15) is 0 Å². The summed E-state index contributed by atoms with van der Waals surface area (Å²) >= 11 is 1.75. The monoisotopic (exact) mass is 464 g/mol. The lowest BCUT2D eigenvalue weighted by Gasteiger charge is -2.09. The molecule has 4 rings (SSSR count). The molecule has 172 valence electrons. The molecule has 0 fully saturated rings. The largest absolute Gasteiger partial charge is 0.499 e. The van der Waals surface area contributed by atoms with E-state index < -0.39 is 0 Å². The van der Waals surface area contributed by atoms with Gasteiger partial charge in [0, 0.05) is 11.5 Å². The van der Waals surface area contributed by atoms with Crippen molar-refractivity contribution in [2.75, 3.05) is 27.4 Å². The van der Waals surface area contributed by atoms with Gasteiger partial charge in [-0.2, -0.15) is 4.57 Å². The van der Waals surface area contributed by atoms with Crippen molar-refractivity contribution < 1.29 is 23.5 Å². The Hall–Kier alpha value is -3.25. The van der Waals surface area contributed by atoms with Crippen LogP contribution in [-0.4, -0.2) is 27.4 Å². The summed E-state index contributed by atoms with van der Waals surface area (Å²) in [5.41, 5.74) is 1.11. The quantitative estimate of drug-likeness (QED) is 0.216. The Bertz CT molecular complexity index is 1270. The molecule has 3 aromatic carbocycles. The molecule has 0 radical (unpaired) electrons.